The number of anilines is 2. The van der Waals surface area contributed by atoms with Crippen molar-refractivity contribution in [2.24, 2.45) is 0 Å². The van der Waals surface area contributed by atoms with Gasteiger partial charge in [-0.1, -0.05) is 26.2 Å². The van der Waals surface area contributed by atoms with Crippen LogP contribution in [0.2, 0.25) is 0 Å². The van der Waals surface area contributed by atoms with Gasteiger partial charge in [0.1, 0.15) is 17.5 Å². The predicted octanol–water partition coefficient (Wildman–Crippen LogP) is 3.24. The molecule has 0 radical (unpaired) electrons. The van der Waals surface area contributed by atoms with Crippen LogP contribution in [-0.4, -0.2) is 29.6 Å². The molecular formula is C15H26N4. The van der Waals surface area contributed by atoms with E-state index < -0.39 is 0 Å². The fourth-order valence-electron chi connectivity index (χ4n) is 2.75. The van der Waals surface area contributed by atoms with E-state index in [2.05, 4.69) is 47.1 Å². The second-order valence-corrected chi connectivity index (χ2v) is 5.31. The van der Waals surface area contributed by atoms with Crippen molar-refractivity contribution >= 4 is 11.6 Å². The summed E-state index contributed by atoms with van der Waals surface area (Å²) in [5.41, 5.74) is 0. The average Bonchev–Trinajstić information content (AvgIpc) is 2.47. The van der Waals surface area contributed by atoms with Gasteiger partial charge in [-0.25, -0.2) is 9.97 Å². The van der Waals surface area contributed by atoms with Crippen LogP contribution in [0.25, 0.3) is 0 Å². The maximum atomic E-state index is 4.68. The van der Waals surface area contributed by atoms with Gasteiger partial charge in [0.2, 0.25) is 0 Å². The summed E-state index contributed by atoms with van der Waals surface area (Å²) in [4.78, 5) is 11.6. The van der Waals surface area contributed by atoms with Crippen molar-refractivity contribution in [3.05, 3.63) is 11.9 Å². The molecule has 2 rings (SSSR count). The van der Waals surface area contributed by atoms with E-state index >= 15 is 0 Å². The molecule has 0 spiro atoms. The summed E-state index contributed by atoms with van der Waals surface area (Å²) in [7, 11) is 2.17. The van der Waals surface area contributed by atoms with E-state index in [4.69, 9.17) is 0 Å². The molecule has 4 nitrogen and oxygen atoms in total. The molecule has 0 aliphatic heterocycles. The number of hydrogen-bond acceptors (Lipinski definition) is 4. The fourth-order valence-corrected chi connectivity index (χ4v) is 2.75. The zero-order chi connectivity index (χ0) is 13.7. The van der Waals surface area contributed by atoms with Crippen molar-refractivity contribution in [1.29, 1.82) is 0 Å². The molecule has 1 aliphatic carbocycles. The van der Waals surface area contributed by atoms with E-state index in [1.54, 1.807) is 0 Å². The lowest BCUT2D eigenvalue weighted by Gasteiger charge is -2.32. The maximum absolute atomic E-state index is 4.68. The highest BCUT2D eigenvalue weighted by atomic mass is 15.2. The van der Waals surface area contributed by atoms with Gasteiger partial charge in [0.05, 0.1) is 0 Å². The molecule has 1 aromatic rings. The summed E-state index contributed by atoms with van der Waals surface area (Å²) in [6.07, 6.45) is 7.54. The van der Waals surface area contributed by atoms with Crippen LogP contribution >= 0.6 is 0 Å². The summed E-state index contributed by atoms with van der Waals surface area (Å²) < 4.78 is 0. The second kappa shape index (κ2) is 6.73. The lowest BCUT2D eigenvalue weighted by Crippen LogP contribution is -2.34. The molecule has 0 saturated heterocycles. The smallest absolute Gasteiger partial charge is 0.134 e. The van der Waals surface area contributed by atoms with Crippen LogP contribution < -0.4 is 10.2 Å². The molecule has 1 aromatic heterocycles. The first-order valence-electron chi connectivity index (χ1n) is 7.59. The third kappa shape index (κ3) is 3.58. The number of nitrogens with one attached hydrogen (secondary N) is 1. The van der Waals surface area contributed by atoms with Gasteiger partial charge in [-0.2, -0.15) is 0 Å². The molecule has 19 heavy (non-hydrogen) atoms. The Hall–Kier alpha value is -1.32. The van der Waals surface area contributed by atoms with Crippen LogP contribution in [0.15, 0.2) is 6.07 Å². The summed E-state index contributed by atoms with van der Waals surface area (Å²) in [5, 5.41) is 3.30. The average molecular weight is 262 g/mol. The van der Waals surface area contributed by atoms with E-state index in [9.17, 15) is 0 Å². The minimum atomic E-state index is 0.642. The zero-order valence-electron chi connectivity index (χ0n) is 12.4. The monoisotopic (exact) mass is 262 g/mol. The fraction of sp³-hybridized carbons (Fsp3) is 0.733. The van der Waals surface area contributed by atoms with Gasteiger partial charge in [-0.15, -0.1) is 0 Å². The highest BCUT2D eigenvalue weighted by Crippen LogP contribution is 2.26. The van der Waals surface area contributed by atoms with Crippen LogP contribution in [0.5, 0.6) is 0 Å². The van der Waals surface area contributed by atoms with E-state index in [1.807, 2.05) is 0 Å². The van der Waals surface area contributed by atoms with Crippen LogP contribution in [-0.2, 0) is 6.42 Å². The SMILES string of the molecule is CCNc1cc(N(C)C2CCCCC2)nc(CC)n1. The van der Waals surface area contributed by atoms with Crippen LogP contribution in [0.1, 0.15) is 51.8 Å². The molecule has 1 aliphatic rings. The topological polar surface area (TPSA) is 41.0 Å². The Morgan fingerprint density at radius 1 is 1.21 bits per heavy atom. The Morgan fingerprint density at radius 3 is 2.58 bits per heavy atom. The number of aromatic nitrogens is 2. The Labute approximate surface area is 116 Å². The van der Waals surface area contributed by atoms with Gasteiger partial charge in [0, 0.05) is 32.1 Å². The largest absolute Gasteiger partial charge is 0.370 e. The first-order valence-corrected chi connectivity index (χ1v) is 7.59. The van der Waals surface area contributed by atoms with Gasteiger partial charge in [0.15, 0.2) is 0 Å². The molecule has 0 amide bonds. The third-order valence-corrected chi connectivity index (χ3v) is 3.92. The molecule has 0 atom stereocenters. The molecule has 0 unspecified atom stereocenters. The summed E-state index contributed by atoms with van der Waals surface area (Å²) in [6, 6.07) is 2.72. The molecule has 106 valence electrons. The van der Waals surface area contributed by atoms with Crippen LogP contribution in [0, 0.1) is 0 Å². The molecule has 1 saturated carbocycles. The van der Waals surface area contributed by atoms with E-state index in [1.165, 1.54) is 32.1 Å². The molecule has 0 aromatic carbocycles. The highest BCUT2D eigenvalue weighted by molar-refractivity contribution is 5.49. The first kappa shape index (κ1) is 14.1. The molecule has 4 heteroatoms. The molecule has 1 fully saturated rings. The third-order valence-electron chi connectivity index (χ3n) is 3.92. The van der Waals surface area contributed by atoms with Crippen molar-refractivity contribution < 1.29 is 0 Å². The van der Waals surface area contributed by atoms with Crippen LogP contribution in [0.3, 0.4) is 0 Å². The molecule has 1 heterocycles. The Morgan fingerprint density at radius 2 is 1.95 bits per heavy atom. The van der Waals surface area contributed by atoms with Crippen molar-refractivity contribution in [1.82, 2.24) is 9.97 Å². The van der Waals surface area contributed by atoms with Crippen molar-refractivity contribution in [3.63, 3.8) is 0 Å². The summed E-state index contributed by atoms with van der Waals surface area (Å²) in [6.45, 7) is 5.10. The molecule has 1 N–H and O–H groups in total. The van der Waals surface area contributed by atoms with Gasteiger partial charge in [-0.05, 0) is 19.8 Å². The molecule has 0 bridgehead atoms. The number of hydrogen-bond donors (Lipinski definition) is 1. The van der Waals surface area contributed by atoms with Gasteiger partial charge >= 0.3 is 0 Å². The quantitative estimate of drug-likeness (QED) is 0.884. The van der Waals surface area contributed by atoms with E-state index in [0.717, 1.165) is 30.4 Å². The maximum Gasteiger partial charge on any atom is 0.134 e. The van der Waals surface area contributed by atoms with Crippen molar-refractivity contribution in [3.8, 4) is 0 Å². The van der Waals surface area contributed by atoms with Gasteiger partial charge in [-0.3, -0.25) is 0 Å². The van der Waals surface area contributed by atoms with Gasteiger partial charge < -0.3 is 10.2 Å². The summed E-state index contributed by atoms with van der Waals surface area (Å²) in [5.74, 6) is 2.94. The van der Waals surface area contributed by atoms with Crippen molar-refractivity contribution in [2.45, 2.75) is 58.4 Å². The second-order valence-electron chi connectivity index (χ2n) is 5.31. The lowest BCUT2D eigenvalue weighted by molar-refractivity contribution is 0.425. The standard InChI is InChI=1S/C15H26N4/c1-4-13-17-14(16-5-2)11-15(18-13)19(3)12-9-7-6-8-10-12/h11-12H,4-10H2,1-3H3,(H,16,17,18). The zero-order valence-corrected chi connectivity index (χ0v) is 12.4. The van der Waals surface area contributed by atoms with E-state index in [0.29, 0.717) is 6.04 Å². The predicted molar refractivity (Wildman–Crippen MR) is 80.8 cm³/mol. The molecular weight excluding hydrogens is 236 g/mol. The van der Waals surface area contributed by atoms with Crippen molar-refractivity contribution in [2.75, 3.05) is 23.8 Å². The Balaban J connectivity index is 2.18. The van der Waals surface area contributed by atoms with Gasteiger partial charge in [0.25, 0.3) is 0 Å². The summed E-state index contributed by atoms with van der Waals surface area (Å²) >= 11 is 0. The lowest BCUT2D eigenvalue weighted by atomic mass is 9.94. The Bertz CT molecular complexity index is 399. The number of nitrogens with zero attached hydrogens (tertiary/aromatic N) is 3. The minimum Gasteiger partial charge on any atom is -0.370 e. The minimum absolute atomic E-state index is 0.642. The Kier molecular flexibility index (Phi) is 5.00. The first-order chi connectivity index (χ1) is 9.24. The van der Waals surface area contributed by atoms with E-state index in [-0.39, 0.29) is 0 Å². The number of rotatable bonds is 5. The number of aryl methyl sites for hydroxylation is 1. The normalized spacial score (nSPS) is 16.4. The van der Waals surface area contributed by atoms with Crippen LogP contribution in [0.4, 0.5) is 11.6 Å². The highest BCUT2D eigenvalue weighted by Gasteiger charge is 2.20.